The second-order valence-corrected chi connectivity index (χ2v) is 7.27. The Hall–Kier alpha value is -2.63. The van der Waals surface area contributed by atoms with Crippen LogP contribution in [-0.4, -0.2) is 31.5 Å². The van der Waals surface area contributed by atoms with Crippen molar-refractivity contribution in [2.75, 3.05) is 20.7 Å². The molecule has 4 nitrogen and oxygen atoms in total. The first-order valence-electron chi connectivity index (χ1n) is 8.83. The van der Waals surface area contributed by atoms with Crippen LogP contribution < -0.4 is 10.1 Å². The maximum Gasteiger partial charge on any atom is 0.234 e. The molecule has 3 aromatic rings. The Morgan fingerprint density at radius 2 is 1.78 bits per heavy atom. The molecule has 0 bridgehead atoms. The first-order chi connectivity index (χ1) is 13.2. The van der Waals surface area contributed by atoms with Crippen LogP contribution in [0.3, 0.4) is 0 Å². The maximum atomic E-state index is 12.7. The Morgan fingerprint density at radius 1 is 1.07 bits per heavy atom. The number of benzene rings is 2. The zero-order chi connectivity index (χ0) is 19.1. The van der Waals surface area contributed by atoms with Gasteiger partial charge in [0.1, 0.15) is 5.75 Å². The first kappa shape index (κ1) is 19.1. The number of thiophene rings is 1. The largest absolute Gasteiger partial charge is 0.497 e. The molecule has 1 amide bonds. The Bertz CT molecular complexity index is 833. The third kappa shape index (κ3) is 5.42. The van der Waals surface area contributed by atoms with E-state index in [1.54, 1.807) is 18.4 Å². The van der Waals surface area contributed by atoms with Gasteiger partial charge in [-0.05, 0) is 52.7 Å². The van der Waals surface area contributed by atoms with E-state index >= 15 is 0 Å². The van der Waals surface area contributed by atoms with Gasteiger partial charge in [0.05, 0.1) is 19.7 Å². The highest BCUT2D eigenvalue weighted by Gasteiger charge is 2.18. The Labute approximate surface area is 164 Å². The van der Waals surface area contributed by atoms with Gasteiger partial charge in [-0.15, -0.1) is 0 Å². The number of amides is 1. The molecule has 0 aliphatic heterocycles. The van der Waals surface area contributed by atoms with Crippen molar-refractivity contribution in [2.24, 2.45) is 0 Å². The zero-order valence-corrected chi connectivity index (χ0v) is 16.4. The molecular weight excluding hydrogens is 356 g/mol. The lowest BCUT2D eigenvalue weighted by molar-refractivity contribution is -0.122. The summed E-state index contributed by atoms with van der Waals surface area (Å²) >= 11 is 1.67. The number of carbonyl (C=O) groups is 1. The van der Waals surface area contributed by atoms with Crippen LogP contribution in [0.4, 0.5) is 0 Å². The van der Waals surface area contributed by atoms with Gasteiger partial charge in [0.25, 0.3) is 0 Å². The minimum absolute atomic E-state index is 0.00241. The number of nitrogens with one attached hydrogen (secondary N) is 1. The molecule has 0 fully saturated rings. The SMILES string of the molecule is COc1ccc([C@@H](NC(=O)CN(C)Cc2ccsc2)c2ccccc2)cc1. The quantitative estimate of drug-likeness (QED) is 0.640. The van der Waals surface area contributed by atoms with E-state index in [0.717, 1.165) is 23.4 Å². The summed E-state index contributed by atoms with van der Waals surface area (Å²) in [7, 11) is 3.61. The number of hydrogen-bond donors (Lipinski definition) is 1. The van der Waals surface area contributed by atoms with Crippen molar-refractivity contribution in [3.8, 4) is 5.75 Å². The second-order valence-electron chi connectivity index (χ2n) is 6.49. The molecule has 2 aromatic carbocycles. The van der Waals surface area contributed by atoms with Crippen LogP contribution in [0.25, 0.3) is 0 Å². The molecule has 5 heteroatoms. The van der Waals surface area contributed by atoms with Crippen LogP contribution in [-0.2, 0) is 11.3 Å². The zero-order valence-electron chi connectivity index (χ0n) is 15.6. The lowest BCUT2D eigenvalue weighted by Gasteiger charge is -2.22. The summed E-state index contributed by atoms with van der Waals surface area (Å²) in [5, 5.41) is 7.34. The molecule has 140 valence electrons. The Balaban J connectivity index is 1.71. The van der Waals surface area contributed by atoms with Crippen LogP contribution in [0.15, 0.2) is 71.4 Å². The second kappa shape index (κ2) is 9.35. The monoisotopic (exact) mass is 380 g/mol. The number of carbonyl (C=O) groups excluding carboxylic acids is 1. The summed E-state index contributed by atoms with van der Waals surface area (Å²) in [5.74, 6) is 0.796. The number of hydrogen-bond acceptors (Lipinski definition) is 4. The summed E-state index contributed by atoms with van der Waals surface area (Å²) < 4.78 is 5.25. The molecule has 1 atom stereocenters. The molecule has 0 aliphatic carbocycles. The molecule has 3 rings (SSSR count). The summed E-state index contributed by atoms with van der Waals surface area (Å²) in [5.41, 5.74) is 3.30. The van der Waals surface area contributed by atoms with Gasteiger partial charge >= 0.3 is 0 Å². The van der Waals surface area contributed by atoms with Gasteiger partial charge in [-0.25, -0.2) is 0 Å². The molecule has 1 heterocycles. The van der Waals surface area contributed by atoms with E-state index in [1.165, 1.54) is 5.56 Å². The fraction of sp³-hybridized carbons (Fsp3) is 0.227. The van der Waals surface area contributed by atoms with Crippen molar-refractivity contribution >= 4 is 17.2 Å². The minimum atomic E-state index is -0.195. The predicted octanol–water partition coefficient (Wildman–Crippen LogP) is 4.09. The third-order valence-corrected chi connectivity index (χ3v) is 5.07. The van der Waals surface area contributed by atoms with E-state index in [0.29, 0.717) is 6.54 Å². The van der Waals surface area contributed by atoms with Gasteiger partial charge in [0.2, 0.25) is 5.91 Å². The topological polar surface area (TPSA) is 41.6 Å². The lowest BCUT2D eigenvalue weighted by Crippen LogP contribution is -2.37. The number of nitrogens with zero attached hydrogens (tertiary/aromatic N) is 1. The van der Waals surface area contributed by atoms with Crippen LogP contribution >= 0.6 is 11.3 Å². The molecule has 0 radical (unpaired) electrons. The summed E-state index contributed by atoms with van der Waals surface area (Å²) in [6.45, 7) is 1.10. The van der Waals surface area contributed by atoms with Gasteiger partial charge in [-0.2, -0.15) is 11.3 Å². The third-order valence-electron chi connectivity index (χ3n) is 4.33. The number of likely N-dealkylation sites (N-methyl/N-ethyl adjacent to an activating group) is 1. The first-order valence-corrected chi connectivity index (χ1v) is 9.78. The van der Waals surface area contributed by atoms with E-state index in [2.05, 4.69) is 22.1 Å². The van der Waals surface area contributed by atoms with E-state index < -0.39 is 0 Å². The predicted molar refractivity (Wildman–Crippen MR) is 110 cm³/mol. The molecular formula is C22H24N2O2S. The van der Waals surface area contributed by atoms with Crippen molar-refractivity contribution in [3.63, 3.8) is 0 Å². The molecule has 1 N–H and O–H groups in total. The Kier molecular flexibility index (Phi) is 6.63. The van der Waals surface area contributed by atoms with Gasteiger partial charge in [-0.1, -0.05) is 42.5 Å². The van der Waals surface area contributed by atoms with Crippen molar-refractivity contribution in [2.45, 2.75) is 12.6 Å². The van der Waals surface area contributed by atoms with Crippen LogP contribution in [0, 0.1) is 0 Å². The van der Waals surface area contributed by atoms with E-state index in [4.69, 9.17) is 4.74 Å². The van der Waals surface area contributed by atoms with Crippen LogP contribution in [0.5, 0.6) is 5.75 Å². The van der Waals surface area contributed by atoms with Gasteiger partial charge in [0.15, 0.2) is 0 Å². The van der Waals surface area contributed by atoms with Crippen molar-refractivity contribution in [1.29, 1.82) is 0 Å². The highest BCUT2D eigenvalue weighted by molar-refractivity contribution is 7.07. The molecule has 27 heavy (non-hydrogen) atoms. The Morgan fingerprint density at radius 3 is 2.41 bits per heavy atom. The lowest BCUT2D eigenvalue weighted by atomic mass is 9.98. The molecule has 0 saturated carbocycles. The highest BCUT2D eigenvalue weighted by Crippen LogP contribution is 2.24. The summed E-state index contributed by atoms with van der Waals surface area (Å²) in [6.07, 6.45) is 0. The fourth-order valence-electron chi connectivity index (χ4n) is 3.00. The smallest absolute Gasteiger partial charge is 0.234 e. The number of ether oxygens (including phenoxy) is 1. The molecule has 0 spiro atoms. The summed E-state index contributed by atoms with van der Waals surface area (Å²) in [4.78, 5) is 14.7. The van der Waals surface area contributed by atoms with Gasteiger partial charge in [0, 0.05) is 6.54 Å². The minimum Gasteiger partial charge on any atom is -0.497 e. The van der Waals surface area contributed by atoms with Crippen molar-refractivity contribution in [3.05, 3.63) is 88.1 Å². The maximum absolute atomic E-state index is 12.7. The average molecular weight is 381 g/mol. The molecule has 1 aromatic heterocycles. The van der Waals surface area contributed by atoms with E-state index in [-0.39, 0.29) is 11.9 Å². The average Bonchev–Trinajstić information content (AvgIpc) is 3.19. The van der Waals surface area contributed by atoms with Gasteiger partial charge < -0.3 is 10.1 Å². The fourth-order valence-corrected chi connectivity index (χ4v) is 3.66. The highest BCUT2D eigenvalue weighted by atomic mass is 32.1. The normalized spacial score (nSPS) is 12.0. The number of rotatable bonds is 8. The van der Waals surface area contributed by atoms with E-state index in [1.807, 2.05) is 66.5 Å². The number of methoxy groups -OCH3 is 1. The molecule has 0 aliphatic rings. The van der Waals surface area contributed by atoms with Crippen LogP contribution in [0.2, 0.25) is 0 Å². The van der Waals surface area contributed by atoms with E-state index in [9.17, 15) is 4.79 Å². The van der Waals surface area contributed by atoms with Crippen molar-refractivity contribution < 1.29 is 9.53 Å². The standard InChI is InChI=1S/C22H24N2O2S/c1-24(14-17-12-13-27-16-17)15-21(25)23-22(18-6-4-3-5-7-18)19-8-10-20(26-2)11-9-19/h3-13,16,22H,14-15H2,1-2H3,(H,23,25)/t22-/m0/s1. The molecule has 0 unspecified atom stereocenters. The molecule has 0 saturated heterocycles. The van der Waals surface area contributed by atoms with Gasteiger partial charge in [-0.3, -0.25) is 9.69 Å². The van der Waals surface area contributed by atoms with Crippen molar-refractivity contribution in [1.82, 2.24) is 10.2 Å². The van der Waals surface area contributed by atoms with Crippen LogP contribution in [0.1, 0.15) is 22.7 Å². The summed E-state index contributed by atoms with van der Waals surface area (Å²) in [6, 6.07) is 19.7.